The second kappa shape index (κ2) is 6.29. The number of thioether (sulfide) groups is 1. The maximum atomic E-state index is 12.2. The number of amides is 1. The molecule has 0 N–H and O–H groups in total. The van der Waals surface area contributed by atoms with Gasteiger partial charge in [0.25, 0.3) is 0 Å². The number of aryl methyl sites for hydroxylation is 2. The zero-order valence-electron chi connectivity index (χ0n) is 13.9. The van der Waals surface area contributed by atoms with Gasteiger partial charge in [-0.15, -0.1) is 0 Å². The summed E-state index contributed by atoms with van der Waals surface area (Å²) in [4.78, 5) is 26.1. The van der Waals surface area contributed by atoms with Crippen molar-refractivity contribution < 1.29 is 9.59 Å². The smallest absolute Gasteiger partial charge is 0.238 e. The molecule has 0 radical (unpaired) electrons. The summed E-state index contributed by atoms with van der Waals surface area (Å²) >= 11 is 1.45. The van der Waals surface area contributed by atoms with Gasteiger partial charge in [-0.1, -0.05) is 56.3 Å². The quantitative estimate of drug-likeness (QED) is 0.795. The number of allylic oxidation sites excluding steroid dienone is 1. The first-order valence-corrected chi connectivity index (χ1v) is 8.42. The van der Waals surface area contributed by atoms with Gasteiger partial charge in [0.1, 0.15) is 0 Å². The summed E-state index contributed by atoms with van der Waals surface area (Å²) < 4.78 is 0. The number of ketones is 1. The van der Waals surface area contributed by atoms with Crippen LogP contribution in [-0.4, -0.2) is 22.3 Å². The molecule has 1 fully saturated rings. The van der Waals surface area contributed by atoms with Crippen molar-refractivity contribution in [1.82, 2.24) is 4.90 Å². The van der Waals surface area contributed by atoms with Crippen LogP contribution in [0.3, 0.4) is 0 Å². The van der Waals surface area contributed by atoms with Crippen molar-refractivity contribution in [3.8, 4) is 0 Å². The molecule has 118 valence electrons. The first-order valence-electron chi connectivity index (χ1n) is 7.44. The van der Waals surface area contributed by atoms with E-state index in [1.165, 1.54) is 17.3 Å². The third kappa shape index (κ3) is 3.80. The highest BCUT2D eigenvalue weighted by atomic mass is 32.2. The molecule has 0 atom stereocenters. The molecular formula is C18H23NO2S. The van der Waals surface area contributed by atoms with E-state index in [4.69, 9.17) is 0 Å². The lowest BCUT2D eigenvalue weighted by atomic mass is 9.91. The normalized spacial score (nSPS) is 17.4. The van der Waals surface area contributed by atoms with E-state index < -0.39 is 5.41 Å². The van der Waals surface area contributed by atoms with E-state index in [1.54, 1.807) is 11.0 Å². The summed E-state index contributed by atoms with van der Waals surface area (Å²) in [6.07, 6.45) is 1.63. The predicted molar refractivity (Wildman–Crippen MR) is 91.5 cm³/mol. The van der Waals surface area contributed by atoms with Gasteiger partial charge < -0.3 is 4.90 Å². The molecular weight excluding hydrogens is 294 g/mol. The fourth-order valence-electron chi connectivity index (χ4n) is 2.17. The number of hydrogen-bond donors (Lipinski definition) is 0. The zero-order chi connectivity index (χ0) is 16.5. The minimum atomic E-state index is -0.426. The van der Waals surface area contributed by atoms with Crippen LogP contribution in [0, 0.1) is 19.3 Å². The minimum absolute atomic E-state index is 0.0515. The number of hydrogen-bond acceptors (Lipinski definition) is 3. The van der Waals surface area contributed by atoms with E-state index in [0.717, 1.165) is 16.2 Å². The van der Waals surface area contributed by atoms with Crippen LogP contribution in [0.5, 0.6) is 0 Å². The van der Waals surface area contributed by atoms with Crippen molar-refractivity contribution in [2.75, 3.05) is 5.75 Å². The Morgan fingerprint density at radius 2 is 2.00 bits per heavy atom. The first-order chi connectivity index (χ1) is 10.2. The van der Waals surface area contributed by atoms with Crippen LogP contribution >= 0.6 is 11.8 Å². The van der Waals surface area contributed by atoms with E-state index in [1.807, 2.05) is 34.6 Å². The van der Waals surface area contributed by atoms with Gasteiger partial charge in [0.2, 0.25) is 5.91 Å². The van der Waals surface area contributed by atoms with Crippen molar-refractivity contribution >= 4 is 23.5 Å². The Bertz CT molecular complexity index is 641. The summed E-state index contributed by atoms with van der Waals surface area (Å²) in [6.45, 7) is 10.3. The summed E-state index contributed by atoms with van der Waals surface area (Å²) in [5, 5.41) is 0.769. The van der Waals surface area contributed by atoms with Crippen molar-refractivity contribution in [2.45, 2.75) is 41.2 Å². The van der Waals surface area contributed by atoms with Gasteiger partial charge >= 0.3 is 0 Å². The number of rotatable bonds is 3. The SMILES string of the molecule is Cc1ccc(C)c(CN2C(=O)CS/C2=C\C(=O)C(C)(C)C)c1. The molecule has 1 aromatic carbocycles. The Hall–Kier alpha value is -1.55. The number of carbonyl (C=O) groups excluding carboxylic acids is 2. The molecule has 0 spiro atoms. The van der Waals surface area contributed by atoms with Crippen LogP contribution in [0.25, 0.3) is 0 Å². The molecule has 0 unspecified atom stereocenters. The first kappa shape index (κ1) is 16.8. The van der Waals surface area contributed by atoms with Crippen LogP contribution in [0.2, 0.25) is 0 Å². The fraction of sp³-hybridized carbons (Fsp3) is 0.444. The molecule has 22 heavy (non-hydrogen) atoms. The Kier molecular flexibility index (Phi) is 4.81. The number of carbonyl (C=O) groups is 2. The minimum Gasteiger partial charge on any atom is -0.301 e. The summed E-state index contributed by atoms with van der Waals surface area (Å²) in [6, 6.07) is 6.25. The third-order valence-electron chi connectivity index (χ3n) is 3.74. The molecule has 2 rings (SSSR count). The van der Waals surface area contributed by atoms with Gasteiger partial charge in [0.15, 0.2) is 5.78 Å². The van der Waals surface area contributed by atoms with Gasteiger partial charge in [0.05, 0.1) is 17.3 Å². The third-order valence-corrected chi connectivity index (χ3v) is 4.76. The van der Waals surface area contributed by atoms with E-state index >= 15 is 0 Å². The van der Waals surface area contributed by atoms with E-state index in [0.29, 0.717) is 12.3 Å². The van der Waals surface area contributed by atoms with Crippen molar-refractivity contribution in [3.63, 3.8) is 0 Å². The zero-order valence-corrected chi connectivity index (χ0v) is 14.7. The number of benzene rings is 1. The van der Waals surface area contributed by atoms with E-state index in [-0.39, 0.29) is 11.7 Å². The van der Waals surface area contributed by atoms with Crippen LogP contribution < -0.4 is 0 Å². The molecule has 1 saturated heterocycles. The van der Waals surface area contributed by atoms with Crippen molar-refractivity contribution in [3.05, 3.63) is 46.0 Å². The monoisotopic (exact) mass is 317 g/mol. The molecule has 1 aromatic rings. The second-order valence-corrected chi connectivity index (χ2v) is 7.79. The van der Waals surface area contributed by atoms with E-state index in [9.17, 15) is 9.59 Å². The lowest BCUT2D eigenvalue weighted by molar-refractivity contribution is -0.125. The van der Waals surface area contributed by atoms with Crippen molar-refractivity contribution in [2.24, 2.45) is 5.41 Å². The average Bonchev–Trinajstić information content (AvgIpc) is 2.74. The van der Waals surface area contributed by atoms with Gasteiger partial charge in [0, 0.05) is 11.5 Å². The Balaban J connectivity index is 2.27. The maximum absolute atomic E-state index is 12.2. The molecule has 1 aliphatic heterocycles. The molecule has 0 aliphatic carbocycles. The second-order valence-electron chi connectivity index (χ2n) is 6.80. The Morgan fingerprint density at radius 1 is 1.32 bits per heavy atom. The molecule has 4 heteroatoms. The largest absolute Gasteiger partial charge is 0.301 e. The standard InChI is InChI=1S/C18H23NO2S/c1-12-6-7-13(2)14(8-12)10-19-16(21)11-22-17(19)9-15(20)18(3,4)5/h6-9H,10-11H2,1-5H3/b17-9-. The van der Waals surface area contributed by atoms with Crippen LogP contribution in [0.1, 0.15) is 37.5 Å². The predicted octanol–water partition coefficient (Wildman–Crippen LogP) is 3.84. The molecule has 0 aromatic heterocycles. The topological polar surface area (TPSA) is 37.4 Å². The highest BCUT2D eigenvalue weighted by Gasteiger charge is 2.29. The Morgan fingerprint density at radius 3 is 2.64 bits per heavy atom. The van der Waals surface area contributed by atoms with Crippen LogP contribution in [0.15, 0.2) is 29.3 Å². The van der Waals surface area contributed by atoms with Gasteiger partial charge in [-0.3, -0.25) is 9.59 Å². The average molecular weight is 317 g/mol. The summed E-state index contributed by atoms with van der Waals surface area (Å²) in [5.74, 6) is 0.531. The molecule has 0 bridgehead atoms. The summed E-state index contributed by atoms with van der Waals surface area (Å²) in [7, 11) is 0. The van der Waals surface area contributed by atoms with Gasteiger partial charge in [-0.25, -0.2) is 0 Å². The molecule has 3 nitrogen and oxygen atoms in total. The molecule has 1 heterocycles. The molecule has 1 aliphatic rings. The van der Waals surface area contributed by atoms with E-state index in [2.05, 4.69) is 18.2 Å². The fourth-order valence-corrected chi connectivity index (χ4v) is 3.11. The summed E-state index contributed by atoms with van der Waals surface area (Å²) in [5.41, 5.74) is 3.04. The maximum Gasteiger partial charge on any atom is 0.238 e. The van der Waals surface area contributed by atoms with Gasteiger partial charge in [-0.05, 0) is 25.0 Å². The molecule has 1 amide bonds. The lowest BCUT2D eigenvalue weighted by Gasteiger charge is -2.20. The molecule has 0 saturated carbocycles. The highest BCUT2D eigenvalue weighted by molar-refractivity contribution is 8.04. The van der Waals surface area contributed by atoms with Crippen LogP contribution in [0.4, 0.5) is 0 Å². The Labute approximate surface area is 136 Å². The van der Waals surface area contributed by atoms with Gasteiger partial charge in [-0.2, -0.15) is 0 Å². The van der Waals surface area contributed by atoms with Crippen LogP contribution in [-0.2, 0) is 16.1 Å². The lowest BCUT2D eigenvalue weighted by Crippen LogP contribution is -2.26. The number of nitrogens with zero attached hydrogens (tertiary/aromatic N) is 1. The highest BCUT2D eigenvalue weighted by Crippen LogP contribution is 2.32. The van der Waals surface area contributed by atoms with Crippen molar-refractivity contribution in [1.29, 1.82) is 0 Å².